The Kier molecular flexibility index (Phi) is 7.77. The summed E-state index contributed by atoms with van der Waals surface area (Å²) in [4.78, 5) is 27.4. The van der Waals surface area contributed by atoms with E-state index in [0.29, 0.717) is 35.6 Å². The molecule has 1 heterocycles. The number of ketones is 1. The molecule has 2 aromatic rings. The molecule has 3 rings (SSSR count). The van der Waals surface area contributed by atoms with Crippen LogP contribution in [0.5, 0.6) is 11.5 Å². The van der Waals surface area contributed by atoms with E-state index in [0.717, 1.165) is 6.42 Å². The van der Waals surface area contributed by atoms with Gasteiger partial charge in [-0.05, 0) is 42.3 Å². The van der Waals surface area contributed by atoms with Gasteiger partial charge in [0.05, 0.1) is 30.4 Å². The molecule has 2 N–H and O–H groups in total. The molecule has 1 unspecified atom stereocenters. The Morgan fingerprint density at radius 3 is 2.62 bits per heavy atom. The van der Waals surface area contributed by atoms with Crippen LogP contribution in [0.2, 0.25) is 5.02 Å². The average Bonchev–Trinajstić information content (AvgIpc) is 3.05. The van der Waals surface area contributed by atoms with E-state index in [4.69, 9.17) is 26.2 Å². The molecular formula is C24H26ClNO6. The average molecular weight is 460 g/mol. The number of methoxy groups -OCH3 is 1. The van der Waals surface area contributed by atoms with Crippen LogP contribution in [-0.2, 0) is 9.59 Å². The molecule has 1 saturated heterocycles. The number of benzene rings is 2. The predicted molar refractivity (Wildman–Crippen MR) is 121 cm³/mol. The quantitative estimate of drug-likeness (QED) is 0.335. The lowest BCUT2D eigenvalue weighted by Crippen LogP contribution is -2.30. The van der Waals surface area contributed by atoms with E-state index in [9.17, 15) is 14.7 Å². The first kappa shape index (κ1) is 23.6. The third-order valence-corrected chi connectivity index (χ3v) is 5.55. The first-order chi connectivity index (χ1) is 15.4. The van der Waals surface area contributed by atoms with Crippen molar-refractivity contribution in [2.24, 2.45) is 0 Å². The zero-order valence-corrected chi connectivity index (χ0v) is 18.8. The molecule has 170 valence electrons. The maximum absolute atomic E-state index is 13.0. The largest absolute Gasteiger partial charge is 0.507 e. The van der Waals surface area contributed by atoms with Gasteiger partial charge in [0.1, 0.15) is 23.9 Å². The number of aliphatic hydroxyl groups is 2. The highest BCUT2D eigenvalue weighted by molar-refractivity contribution is 6.46. The Bertz CT molecular complexity index is 1030. The number of carbonyl (C=O) groups excluding carboxylic acids is 2. The number of rotatable bonds is 9. The van der Waals surface area contributed by atoms with Gasteiger partial charge in [-0.2, -0.15) is 0 Å². The minimum Gasteiger partial charge on any atom is -0.507 e. The van der Waals surface area contributed by atoms with Gasteiger partial charge >= 0.3 is 0 Å². The molecule has 0 saturated carbocycles. The summed E-state index contributed by atoms with van der Waals surface area (Å²) in [6, 6.07) is 10.8. The van der Waals surface area contributed by atoms with Crippen molar-refractivity contribution in [2.45, 2.75) is 25.8 Å². The van der Waals surface area contributed by atoms with Crippen molar-refractivity contribution < 1.29 is 29.3 Å². The number of unbranched alkanes of at least 4 members (excludes halogenated alkanes) is 1. The van der Waals surface area contributed by atoms with E-state index in [-0.39, 0.29) is 29.6 Å². The Balaban J connectivity index is 2.13. The fourth-order valence-electron chi connectivity index (χ4n) is 3.69. The minimum absolute atomic E-state index is 0.00774. The highest BCUT2D eigenvalue weighted by Gasteiger charge is 2.45. The lowest BCUT2D eigenvalue weighted by Gasteiger charge is -2.25. The molecule has 8 heteroatoms. The summed E-state index contributed by atoms with van der Waals surface area (Å²) in [5.41, 5.74) is 0.922. The number of nitrogens with zero attached hydrogens (tertiary/aromatic N) is 1. The van der Waals surface area contributed by atoms with E-state index in [1.807, 2.05) is 6.92 Å². The normalized spacial score (nSPS) is 17.6. The van der Waals surface area contributed by atoms with Crippen molar-refractivity contribution in [1.29, 1.82) is 0 Å². The Hall–Kier alpha value is -3.03. The lowest BCUT2D eigenvalue weighted by molar-refractivity contribution is -0.139. The number of Topliss-reactive ketones (excluding diaryl/α,β-unsaturated/α-hetero) is 1. The number of aliphatic hydroxyl groups excluding tert-OH is 2. The molecule has 0 radical (unpaired) electrons. The molecular weight excluding hydrogens is 434 g/mol. The monoisotopic (exact) mass is 459 g/mol. The van der Waals surface area contributed by atoms with E-state index in [2.05, 4.69) is 0 Å². The first-order valence-electron chi connectivity index (χ1n) is 10.4. The summed E-state index contributed by atoms with van der Waals surface area (Å²) in [5.74, 6) is -0.802. The van der Waals surface area contributed by atoms with Crippen LogP contribution in [0, 0.1) is 0 Å². The number of hydrogen-bond donors (Lipinski definition) is 2. The zero-order chi connectivity index (χ0) is 23.3. The van der Waals surface area contributed by atoms with Crippen molar-refractivity contribution >= 4 is 29.1 Å². The SMILES string of the molecule is CCCCN1C(=O)C(=O)/C(=C(/O)c2ccc(OC)c(Cl)c2)C1c1cccc(OCCO)c1. The molecule has 1 amide bonds. The summed E-state index contributed by atoms with van der Waals surface area (Å²) >= 11 is 6.21. The molecule has 7 nitrogen and oxygen atoms in total. The molecule has 2 aromatic carbocycles. The molecule has 0 bridgehead atoms. The smallest absolute Gasteiger partial charge is 0.295 e. The van der Waals surface area contributed by atoms with Gasteiger partial charge < -0.3 is 24.6 Å². The second-order valence-corrected chi connectivity index (χ2v) is 7.75. The lowest BCUT2D eigenvalue weighted by atomic mass is 9.95. The third-order valence-electron chi connectivity index (χ3n) is 5.25. The van der Waals surface area contributed by atoms with Crippen molar-refractivity contribution in [2.75, 3.05) is 26.9 Å². The van der Waals surface area contributed by atoms with Gasteiger partial charge in [0.2, 0.25) is 0 Å². The fraction of sp³-hybridized carbons (Fsp3) is 0.333. The topological polar surface area (TPSA) is 96.3 Å². The summed E-state index contributed by atoms with van der Waals surface area (Å²) in [7, 11) is 1.48. The highest BCUT2D eigenvalue weighted by Crippen LogP contribution is 2.41. The molecule has 0 spiro atoms. The number of halogens is 1. The van der Waals surface area contributed by atoms with Gasteiger partial charge in [-0.25, -0.2) is 0 Å². The number of ether oxygens (including phenoxy) is 2. The third kappa shape index (κ3) is 4.74. The number of amides is 1. The van der Waals surface area contributed by atoms with E-state index in [1.165, 1.54) is 18.1 Å². The Labute approximate surface area is 191 Å². The van der Waals surface area contributed by atoms with Gasteiger partial charge in [-0.1, -0.05) is 37.1 Å². The molecule has 1 atom stereocenters. The Morgan fingerprint density at radius 2 is 1.97 bits per heavy atom. The summed E-state index contributed by atoms with van der Waals surface area (Å²) < 4.78 is 10.6. The van der Waals surface area contributed by atoms with Crippen LogP contribution in [0.4, 0.5) is 0 Å². The maximum Gasteiger partial charge on any atom is 0.295 e. The second-order valence-electron chi connectivity index (χ2n) is 7.34. The number of hydrogen-bond acceptors (Lipinski definition) is 6. The standard InChI is InChI=1S/C24H26ClNO6/c1-3-4-10-26-21(15-6-5-7-17(13-15)32-12-11-27)20(23(29)24(26)30)22(28)16-8-9-19(31-2)18(25)14-16/h5-9,13-14,21,27-28H,3-4,10-12H2,1-2H3/b22-20+. The predicted octanol–water partition coefficient (Wildman–Crippen LogP) is 3.94. The highest BCUT2D eigenvalue weighted by atomic mass is 35.5. The number of likely N-dealkylation sites (tertiary alicyclic amines) is 1. The van der Waals surface area contributed by atoms with Gasteiger partial charge in [0, 0.05) is 12.1 Å². The molecule has 1 aliphatic heterocycles. The van der Waals surface area contributed by atoms with Crippen LogP contribution >= 0.6 is 11.6 Å². The van der Waals surface area contributed by atoms with Crippen molar-refractivity contribution in [1.82, 2.24) is 4.90 Å². The van der Waals surface area contributed by atoms with Crippen molar-refractivity contribution in [3.8, 4) is 11.5 Å². The van der Waals surface area contributed by atoms with E-state index in [1.54, 1.807) is 36.4 Å². The first-order valence-corrected chi connectivity index (χ1v) is 10.8. The minimum atomic E-state index is -0.778. The molecule has 0 aliphatic carbocycles. The van der Waals surface area contributed by atoms with Crippen LogP contribution in [0.3, 0.4) is 0 Å². The van der Waals surface area contributed by atoms with Gasteiger partial charge in [0.25, 0.3) is 11.7 Å². The van der Waals surface area contributed by atoms with Crippen molar-refractivity contribution in [3.63, 3.8) is 0 Å². The van der Waals surface area contributed by atoms with Gasteiger partial charge in [-0.3, -0.25) is 9.59 Å². The Morgan fingerprint density at radius 1 is 1.19 bits per heavy atom. The van der Waals surface area contributed by atoms with Crippen LogP contribution < -0.4 is 9.47 Å². The number of carbonyl (C=O) groups is 2. The van der Waals surface area contributed by atoms with Gasteiger partial charge in [0.15, 0.2) is 0 Å². The maximum atomic E-state index is 13.0. The zero-order valence-electron chi connectivity index (χ0n) is 18.0. The van der Waals surface area contributed by atoms with Crippen LogP contribution in [0.1, 0.15) is 36.9 Å². The van der Waals surface area contributed by atoms with E-state index < -0.39 is 17.7 Å². The van der Waals surface area contributed by atoms with Crippen LogP contribution in [-0.4, -0.2) is 53.7 Å². The molecule has 0 aromatic heterocycles. The second kappa shape index (κ2) is 10.5. The summed E-state index contributed by atoms with van der Waals surface area (Å²) in [6.07, 6.45) is 1.54. The van der Waals surface area contributed by atoms with Crippen LogP contribution in [0.25, 0.3) is 5.76 Å². The fourth-order valence-corrected chi connectivity index (χ4v) is 3.95. The molecule has 1 fully saturated rings. The molecule has 32 heavy (non-hydrogen) atoms. The van der Waals surface area contributed by atoms with E-state index >= 15 is 0 Å². The summed E-state index contributed by atoms with van der Waals surface area (Å²) in [6.45, 7) is 2.34. The molecule has 1 aliphatic rings. The van der Waals surface area contributed by atoms with Gasteiger partial charge in [-0.15, -0.1) is 0 Å². The van der Waals surface area contributed by atoms with Crippen molar-refractivity contribution in [3.05, 3.63) is 64.2 Å². The summed E-state index contributed by atoms with van der Waals surface area (Å²) in [5, 5.41) is 20.4. The van der Waals surface area contributed by atoms with Crippen LogP contribution in [0.15, 0.2) is 48.0 Å².